The molecule has 574 valence electrons. The SMILES string of the molecule is CC1(C)Cc2cc(NC(=O)c3ccco3)c(N3CCOCC3)cc2O1.CC1(C)Cc2cc(NC(=O)c3ccncn3)c(N3CCOCC3)cc2O1.CC1(C)Cc2cc(NC(=O)c3n[nH]c4cccnc34)c(N3CCOCC3)cc2O1.CC1(C)Cc2cc(NC(=O)c3ncc(C(C)(C)C)[nH]3)c(N3CCOCC3)cc2O1. The largest absolute Gasteiger partial charge is 0.487 e. The van der Waals surface area contributed by atoms with Crippen LogP contribution in [0.25, 0.3) is 11.0 Å². The maximum absolute atomic E-state index is 13.0. The smallest absolute Gasteiger partial charge is 0.291 e. The highest BCUT2D eigenvalue weighted by atomic mass is 16.5. The molecule has 0 saturated carbocycles. The number of aromatic nitrogens is 7. The lowest BCUT2D eigenvalue weighted by molar-refractivity contribution is 0.0992. The summed E-state index contributed by atoms with van der Waals surface area (Å²) in [6.45, 7) is 34.4. The molecule has 17 rings (SSSR count). The van der Waals surface area contributed by atoms with Gasteiger partial charge in [-0.15, -0.1) is 0 Å². The highest BCUT2D eigenvalue weighted by molar-refractivity contribution is 6.11. The maximum Gasteiger partial charge on any atom is 0.291 e. The summed E-state index contributed by atoms with van der Waals surface area (Å²) in [6.07, 6.45) is 11.0. The third-order valence-corrected chi connectivity index (χ3v) is 19.8. The Morgan fingerprint density at radius 2 is 0.862 bits per heavy atom. The summed E-state index contributed by atoms with van der Waals surface area (Å²) in [5.74, 6) is 3.13. The number of nitrogens with one attached hydrogen (secondary N) is 6. The molecule has 28 heteroatoms. The molecular formula is C81H97N15O13. The van der Waals surface area contributed by atoms with Crippen molar-refractivity contribution in [1.29, 1.82) is 0 Å². The minimum absolute atomic E-state index is 0.0962. The van der Waals surface area contributed by atoms with E-state index in [1.807, 2.05) is 54.6 Å². The first kappa shape index (κ1) is 75.0. The van der Waals surface area contributed by atoms with Crippen molar-refractivity contribution >= 4 is 80.2 Å². The molecule has 0 radical (unpaired) electrons. The second kappa shape index (κ2) is 31.0. The Morgan fingerprint density at radius 3 is 1.24 bits per heavy atom. The van der Waals surface area contributed by atoms with Crippen molar-refractivity contribution in [2.45, 2.75) is 130 Å². The predicted molar refractivity (Wildman–Crippen MR) is 415 cm³/mol. The molecule has 4 amide bonds. The summed E-state index contributed by atoms with van der Waals surface area (Å²) in [7, 11) is 0. The van der Waals surface area contributed by atoms with E-state index in [1.54, 1.807) is 42.9 Å². The molecule has 0 bridgehead atoms. The summed E-state index contributed by atoms with van der Waals surface area (Å²) < 4.78 is 51.5. The van der Waals surface area contributed by atoms with Gasteiger partial charge in [0, 0.05) is 154 Å². The summed E-state index contributed by atoms with van der Waals surface area (Å²) in [5, 5.41) is 19.2. The lowest BCUT2D eigenvalue weighted by atomic mass is 9.93. The van der Waals surface area contributed by atoms with E-state index < -0.39 is 0 Å². The van der Waals surface area contributed by atoms with Gasteiger partial charge in [0.25, 0.3) is 23.6 Å². The van der Waals surface area contributed by atoms with Crippen LogP contribution in [-0.2, 0) is 50.0 Å². The van der Waals surface area contributed by atoms with Gasteiger partial charge >= 0.3 is 0 Å². The van der Waals surface area contributed by atoms with Gasteiger partial charge in [0.1, 0.15) is 62.9 Å². The van der Waals surface area contributed by atoms with Crippen molar-refractivity contribution in [2.75, 3.05) is 146 Å². The first-order valence-corrected chi connectivity index (χ1v) is 37.3. The Labute approximate surface area is 633 Å². The monoisotopic (exact) mass is 1490 g/mol. The fourth-order valence-electron chi connectivity index (χ4n) is 14.6. The molecule has 0 unspecified atom stereocenters. The number of amides is 4. The molecule has 5 aromatic heterocycles. The first-order valence-electron chi connectivity index (χ1n) is 37.3. The van der Waals surface area contributed by atoms with E-state index in [4.69, 9.17) is 42.3 Å². The Bertz CT molecular complexity index is 4790. The number of benzene rings is 4. The third kappa shape index (κ3) is 17.7. The van der Waals surface area contributed by atoms with E-state index in [1.165, 1.54) is 12.6 Å². The summed E-state index contributed by atoms with van der Waals surface area (Å²) >= 11 is 0. The average Bonchev–Trinajstić information content (AvgIpc) is 1.69. The molecule has 9 aromatic rings. The fraction of sp³-hybridized carbons (Fsp3) is 0.444. The number of rotatable bonds is 12. The second-order valence-corrected chi connectivity index (χ2v) is 31.7. The average molecular weight is 1490 g/mol. The number of hydrogen-bond donors (Lipinski definition) is 6. The minimum Gasteiger partial charge on any atom is -0.487 e. The van der Waals surface area contributed by atoms with Crippen LogP contribution < -0.4 is 59.8 Å². The molecule has 4 saturated heterocycles. The van der Waals surface area contributed by atoms with Gasteiger partial charge in [-0.05, 0) is 110 Å². The van der Waals surface area contributed by atoms with Gasteiger partial charge in [-0.3, -0.25) is 29.3 Å². The van der Waals surface area contributed by atoms with Gasteiger partial charge in [-0.25, -0.2) is 15.0 Å². The Kier molecular flexibility index (Phi) is 21.4. The highest BCUT2D eigenvalue weighted by Crippen LogP contribution is 2.47. The first-order chi connectivity index (χ1) is 52.2. The van der Waals surface area contributed by atoms with E-state index in [0.29, 0.717) is 75.7 Å². The lowest BCUT2D eigenvalue weighted by Gasteiger charge is -2.31. The second-order valence-electron chi connectivity index (χ2n) is 31.7. The normalized spacial score (nSPS) is 18.2. The number of carbonyl (C=O) groups is 4. The topological polar surface area (TPSA) is 312 Å². The predicted octanol–water partition coefficient (Wildman–Crippen LogP) is 11.6. The maximum atomic E-state index is 13.0. The van der Waals surface area contributed by atoms with Crippen molar-refractivity contribution < 1.29 is 61.5 Å². The Morgan fingerprint density at radius 1 is 0.459 bits per heavy atom. The lowest BCUT2D eigenvalue weighted by Crippen LogP contribution is -2.36. The van der Waals surface area contributed by atoms with Crippen LogP contribution in [0.3, 0.4) is 0 Å². The molecule has 4 fully saturated rings. The quantitative estimate of drug-likeness (QED) is 0.0662. The van der Waals surface area contributed by atoms with Crippen molar-refractivity contribution in [3.63, 3.8) is 0 Å². The molecular weight excluding hydrogens is 1390 g/mol. The molecule has 28 nitrogen and oxygen atoms in total. The summed E-state index contributed by atoms with van der Waals surface area (Å²) in [6, 6.07) is 24.9. The van der Waals surface area contributed by atoms with Crippen LogP contribution in [0.15, 0.2) is 114 Å². The number of carbonyl (C=O) groups excluding carboxylic acids is 4. The number of aromatic amines is 2. The number of H-pyrrole nitrogens is 2. The van der Waals surface area contributed by atoms with Gasteiger partial charge < -0.3 is 88.2 Å². The van der Waals surface area contributed by atoms with Crippen molar-refractivity contribution in [3.05, 3.63) is 161 Å². The molecule has 4 aromatic carbocycles. The van der Waals surface area contributed by atoms with Crippen LogP contribution >= 0.6 is 0 Å². The zero-order chi connectivity index (χ0) is 76.4. The molecule has 0 spiro atoms. The zero-order valence-corrected chi connectivity index (χ0v) is 63.9. The van der Waals surface area contributed by atoms with Crippen molar-refractivity contribution in [2.24, 2.45) is 0 Å². The van der Waals surface area contributed by atoms with Gasteiger partial charge in [0.05, 0.1) is 110 Å². The van der Waals surface area contributed by atoms with Gasteiger partial charge in [0.15, 0.2) is 17.3 Å². The number of ether oxygens (including phenoxy) is 8. The number of furan rings is 1. The van der Waals surface area contributed by atoms with Gasteiger partial charge in [-0.2, -0.15) is 5.10 Å². The van der Waals surface area contributed by atoms with E-state index in [0.717, 1.165) is 180 Å². The number of imidazole rings is 1. The number of anilines is 8. The number of morpholine rings is 4. The van der Waals surface area contributed by atoms with Crippen LogP contribution in [0.2, 0.25) is 0 Å². The van der Waals surface area contributed by atoms with E-state index in [9.17, 15) is 19.2 Å². The fourth-order valence-corrected chi connectivity index (χ4v) is 14.6. The van der Waals surface area contributed by atoms with Crippen molar-refractivity contribution in [1.82, 2.24) is 35.1 Å². The Hall–Kier alpha value is -10.8. The third-order valence-electron chi connectivity index (χ3n) is 19.8. The number of fused-ring (bicyclic) bond motifs is 5. The molecule has 0 atom stereocenters. The number of hydrogen-bond acceptors (Lipinski definition) is 22. The molecule has 109 heavy (non-hydrogen) atoms. The zero-order valence-electron chi connectivity index (χ0n) is 63.9. The standard InChI is InChI=1S/C22H30N4O3.C21H23N5O3.C19H22N4O3.C19H22N2O4/c1-21(2,3)18-13-23-19(25-18)20(27)24-15-10-14-12-22(4,5)29-17(14)11-16(15)26-6-8-28-9-7-26;1-21(2)12-13-10-15(16(11-17(13)29-21)26-6-8-28-9-7-26)23-20(27)19-18-14(24-25-19)4-3-5-22-18;1-19(2)11-13-9-15(22-18(24)14-3-4-20-12-21-14)16(10-17(13)26-19)23-5-7-25-8-6-23;1-19(2)12-13-10-14(20-18(22)16-4-3-7-24-16)15(11-17(13)25-19)21-5-8-23-9-6-21/h10-11,13H,6-9,12H2,1-5H3,(H,23,25)(H,24,27);3-5,10-11H,6-9,12H2,1-2H3,(H,23,27)(H,24,25);3-4,9-10,12H,5-8,11H2,1-2H3,(H,22,24);3-4,7,10-11H,5-6,8-9,12H2,1-2H3,(H,20,22). The summed E-state index contributed by atoms with van der Waals surface area (Å²) in [4.78, 5) is 79.6. The highest BCUT2D eigenvalue weighted by Gasteiger charge is 2.38. The van der Waals surface area contributed by atoms with E-state index in [-0.39, 0.29) is 57.1 Å². The van der Waals surface area contributed by atoms with Crippen LogP contribution in [0.1, 0.15) is 146 Å². The van der Waals surface area contributed by atoms with Crippen LogP contribution in [0.5, 0.6) is 23.0 Å². The van der Waals surface area contributed by atoms with E-state index in [2.05, 4.69) is 152 Å². The Balaban J connectivity index is 0.000000122. The van der Waals surface area contributed by atoms with Gasteiger partial charge in [0.2, 0.25) is 0 Å². The number of pyridine rings is 1. The summed E-state index contributed by atoms with van der Waals surface area (Å²) in [5.41, 5.74) is 13.1. The van der Waals surface area contributed by atoms with Crippen LogP contribution in [0, 0.1) is 0 Å². The molecule has 8 aliphatic rings. The van der Waals surface area contributed by atoms with Crippen molar-refractivity contribution in [3.8, 4) is 23.0 Å². The van der Waals surface area contributed by atoms with E-state index >= 15 is 0 Å². The molecule has 0 aliphatic carbocycles. The van der Waals surface area contributed by atoms with Crippen LogP contribution in [0.4, 0.5) is 45.5 Å². The molecule has 6 N–H and O–H groups in total. The number of nitrogens with zero attached hydrogens (tertiary/aromatic N) is 9. The molecule has 13 heterocycles. The minimum atomic E-state index is -0.289. The van der Waals surface area contributed by atoms with Crippen LogP contribution in [-0.4, -0.2) is 186 Å². The van der Waals surface area contributed by atoms with Gasteiger partial charge in [-0.1, -0.05) is 20.8 Å². The molecule has 8 aliphatic heterocycles.